The summed E-state index contributed by atoms with van der Waals surface area (Å²) < 4.78 is 6.30. The van der Waals surface area contributed by atoms with E-state index >= 15 is 0 Å². The van der Waals surface area contributed by atoms with Crippen LogP contribution in [0.25, 0.3) is 6.08 Å². The van der Waals surface area contributed by atoms with Crippen molar-refractivity contribution in [3.05, 3.63) is 135 Å². The highest BCUT2D eigenvalue weighted by Gasteiger charge is 2.71. The van der Waals surface area contributed by atoms with E-state index in [4.69, 9.17) is 4.74 Å². The Kier molecular flexibility index (Phi) is 5.65. The van der Waals surface area contributed by atoms with Crippen molar-refractivity contribution in [1.29, 1.82) is 0 Å². The molecule has 4 aromatic rings. The molecule has 40 heavy (non-hydrogen) atoms. The summed E-state index contributed by atoms with van der Waals surface area (Å²) in [7, 11) is 1.56. The van der Waals surface area contributed by atoms with E-state index in [1.54, 1.807) is 55.6 Å². The maximum Gasteiger partial charge on any atom is 0.186 e. The Morgan fingerprint density at radius 2 is 1.52 bits per heavy atom. The van der Waals surface area contributed by atoms with Crippen molar-refractivity contribution < 1.29 is 19.1 Å². The van der Waals surface area contributed by atoms with Gasteiger partial charge in [0.15, 0.2) is 17.3 Å². The number of benzene rings is 4. The molecule has 0 amide bonds. The summed E-state index contributed by atoms with van der Waals surface area (Å²) in [6.45, 7) is 0. The number of carbonyl (C=O) groups excluding carboxylic acids is 3. The van der Waals surface area contributed by atoms with Crippen LogP contribution >= 0.6 is 15.9 Å². The van der Waals surface area contributed by atoms with Crippen LogP contribution in [-0.4, -0.2) is 36.5 Å². The molecule has 3 aliphatic rings. The molecular weight excluding hydrogens is 566 g/mol. The molecule has 0 radical (unpaired) electrons. The lowest BCUT2D eigenvalue weighted by molar-refractivity contribution is 0.0666. The molecular formula is C34H24BrNO4. The van der Waals surface area contributed by atoms with E-state index in [0.717, 1.165) is 21.3 Å². The Morgan fingerprint density at radius 3 is 2.23 bits per heavy atom. The molecule has 5 nitrogen and oxygen atoms in total. The fourth-order valence-electron chi connectivity index (χ4n) is 6.91. The predicted octanol–water partition coefficient (Wildman–Crippen LogP) is 6.77. The summed E-state index contributed by atoms with van der Waals surface area (Å²) in [4.78, 5) is 46.0. The van der Waals surface area contributed by atoms with Crippen LogP contribution < -0.4 is 9.64 Å². The minimum atomic E-state index is -1.51. The van der Waals surface area contributed by atoms with Crippen LogP contribution in [0.5, 0.6) is 5.75 Å². The standard InChI is InChI=1S/C34H24BrNO4/c1-40-24-9-6-8-22(19-24)31(37)30-29(21-13-16-23(35)17-14-21)34(32(38)25-10-3-4-11-26(25)33(34)39)28-18-15-20-7-2-5-12-27(20)36(28)30/h2-19,28-30H,1H3/t28-,29+,30-/m1/s1. The summed E-state index contributed by atoms with van der Waals surface area (Å²) in [6.07, 6.45) is 3.91. The van der Waals surface area contributed by atoms with Gasteiger partial charge in [0.05, 0.1) is 13.2 Å². The third-order valence-electron chi connectivity index (χ3n) is 8.56. The van der Waals surface area contributed by atoms with Gasteiger partial charge in [-0.15, -0.1) is 0 Å². The van der Waals surface area contributed by atoms with Gasteiger partial charge in [0.25, 0.3) is 0 Å². The highest BCUT2D eigenvalue weighted by atomic mass is 79.9. The van der Waals surface area contributed by atoms with Gasteiger partial charge >= 0.3 is 0 Å². The van der Waals surface area contributed by atoms with Crippen LogP contribution in [0.2, 0.25) is 0 Å². The number of carbonyl (C=O) groups is 3. The topological polar surface area (TPSA) is 63.7 Å². The van der Waals surface area contributed by atoms with Crippen molar-refractivity contribution >= 4 is 45.0 Å². The first-order valence-corrected chi connectivity index (χ1v) is 13.9. The van der Waals surface area contributed by atoms with Gasteiger partial charge in [0, 0.05) is 32.8 Å². The molecule has 196 valence electrons. The van der Waals surface area contributed by atoms with Crippen LogP contribution in [0.4, 0.5) is 5.69 Å². The number of ketones is 3. The molecule has 1 aliphatic carbocycles. The first-order valence-electron chi connectivity index (χ1n) is 13.1. The second-order valence-corrected chi connectivity index (χ2v) is 11.3. The summed E-state index contributed by atoms with van der Waals surface area (Å²) >= 11 is 3.52. The van der Waals surface area contributed by atoms with Gasteiger partial charge in [-0.1, -0.05) is 94.8 Å². The average Bonchev–Trinajstić information content (AvgIpc) is 3.43. The molecule has 1 fully saturated rings. The summed E-state index contributed by atoms with van der Waals surface area (Å²) in [5.74, 6) is -0.820. The highest BCUT2D eigenvalue weighted by molar-refractivity contribution is 9.10. The average molecular weight is 590 g/mol. The van der Waals surface area contributed by atoms with E-state index in [0.29, 0.717) is 22.4 Å². The van der Waals surface area contributed by atoms with Crippen molar-refractivity contribution in [1.82, 2.24) is 0 Å². The first kappa shape index (κ1) is 24.7. The van der Waals surface area contributed by atoms with Crippen LogP contribution in [0.1, 0.15) is 48.1 Å². The van der Waals surface area contributed by atoms with Crippen LogP contribution in [0.3, 0.4) is 0 Å². The Bertz CT molecular complexity index is 1710. The van der Waals surface area contributed by atoms with Gasteiger partial charge in [-0.2, -0.15) is 0 Å². The van der Waals surface area contributed by atoms with Crippen molar-refractivity contribution in [3.63, 3.8) is 0 Å². The quantitative estimate of drug-likeness (QED) is 0.194. The third kappa shape index (κ3) is 3.29. The smallest absolute Gasteiger partial charge is 0.186 e. The third-order valence-corrected chi connectivity index (χ3v) is 9.09. The van der Waals surface area contributed by atoms with Crippen molar-refractivity contribution in [2.24, 2.45) is 5.41 Å². The SMILES string of the molecule is COc1cccc(C(=O)[C@H]2[C@H](c3ccc(Br)cc3)C3(C(=O)c4ccccc4C3=O)[C@H]3C=Cc4ccccc4N23)c1. The maximum atomic E-state index is 14.7. The minimum absolute atomic E-state index is 0.171. The lowest BCUT2D eigenvalue weighted by Crippen LogP contribution is -2.48. The Balaban J connectivity index is 1.54. The molecule has 7 rings (SSSR count). The normalized spacial score (nSPS) is 21.8. The number of methoxy groups -OCH3 is 1. The van der Waals surface area contributed by atoms with E-state index in [9.17, 15) is 14.4 Å². The second-order valence-electron chi connectivity index (χ2n) is 10.4. The fraction of sp³-hybridized carbons (Fsp3) is 0.147. The number of hydrogen-bond donors (Lipinski definition) is 0. The van der Waals surface area contributed by atoms with Gasteiger partial charge in [-0.05, 0) is 41.5 Å². The zero-order chi connectivity index (χ0) is 27.6. The molecule has 6 heteroatoms. The number of rotatable bonds is 4. The fourth-order valence-corrected chi connectivity index (χ4v) is 7.17. The number of hydrogen-bond acceptors (Lipinski definition) is 5. The highest BCUT2D eigenvalue weighted by Crippen LogP contribution is 2.61. The summed E-state index contributed by atoms with van der Waals surface area (Å²) in [5.41, 5.74) is 2.30. The van der Waals surface area contributed by atoms with Gasteiger partial charge in [0.1, 0.15) is 17.2 Å². The van der Waals surface area contributed by atoms with Crippen molar-refractivity contribution in [2.45, 2.75) is 18.0 Å². The van der Waals surface area contributed by atoms with Crippen LogP contribution in [-0.2, 0) is 0 Å². The maximum absolute atomic E-state index is 14.7. The number of anilines is 1. The Morgan fingerprint density at radius 1 is 0.850 bits per heavy atom. The van der Waals surface area contributed by atoms with Gasteiger partial charge in [0.2, 0.25) is 0 Å². The lowest BCUT2D eigenvalue weighted by atomic mass is 9.64. The molecule has 0 saturated carbocycles. The molecule has 0 unspecified atom stereocenters. The largest absolute Gasteiger partial charge is 0.497 e. The summed E-state index contributed by atoms with van der Waals surface area (Å²) in [5, 5.41) is 0. The lowest BCUT2D eigenvalue weighted by Gasteiger charge is -2.37. The van der Waals surface area contributed by atoms with Crippen LogP contribution in [0, 0.1) is 5.41 Å². The zero-order valence-corrected chi connectivity index (χ0v) is 23.2. The zero-order valence-electron chi connectivity index (χ0n) is 21.6. The molecule has 2 heterocycles. The number of nitrogens with zero attached hydrogens (tertiary/aromatic N) is 1. The number of ether oxygens (including phenoxy) is 1. The van der Waals surface area contributed by atoms with E-state index in [-0.39, 0.29) is 17.3 Å². The number of halogens is 1. The van der Waals surface area contributed by atoms with E-state index in [2.05, 4.69) is 15.9 Å². The molecule has 0 bridgehead atoms. The molecule has 0 N–H and O–H groups in total. The molecule has 1 saturated heterocycles. The molecule has 4 aromatic carbocycles. The summed E-state index contributed by atoms with van der Waals surface area (Å²) in [6, 6.07) is 28.1. The molecule has 3 atom stereocenters. The Labute approximate surface area is 240 Å². The molecule has 1 spiro atoms. The second kappa shape index (κ2) is 9.14. The van der Waals surface area contributed by atoms with E-state index in [1.165, 1.54) is 0 Å². The molecule has 2 aliphatic heterocycles. The van der Waals surface area contributed by atoms with Gasteiger partial charge < -0.3 is 9.64 Å². The Hall–Kier alpha value is -4.29. The van der Waals surface area contributed by atoms with Crippen LogP contribution in [0.15, 0.2) is 108 Å². The predicted molar refractivity (Wildman–Crippen MR) is 157 cm³/mol. The number of para-hydroxylation sites is 1. The van der Waals surface area contributed by atoms with E-state index < -0.39 is 23.4 Å². The first-order chi connectivity index (χ1) is 19.5. The minimum Gasteiger partial charge on any atom is -0.497 e. The molecule has 0 aromatic heterocycles. The van der Waals surface area contributed by atoms with Gasteiger partial charge in [-0.3, -0.25) is 14.4 Å². The van der Waals surface area contributed by atoms with Crippen molar-refractivity contribution in [2.75, 3.05) is 12.0 Å². The number of Topliss-reactive ketones (excluding diaryl/α,β-unsaturated/α-hetero) is 3. The van der Waals surface area contributed by atoms with E-state index in [1.807, 2.05) is 65.6 Å². The number of fused-ring (bicyclic) bond motifs is 5. The van der Waals surface area contributed by atoms with Crippen molar-refractivity contribution in [3.8, 4) is 5.75 Å². The van der Waals surface area contributed by atoms with Gasteiger partial charge in [-0.25, -0.2) is 0 Å². The monoisotopic (exact) mass is 589 g/mol.